The zero-order valence-electron chi connectivity index (χ0n) is 10.1. The quantitative estimate of drug-likeness (QED) is 0.834. The fourth-order valence-corrected chi connectivity index (χ4v) is 2.99. The van der Waals surface area contributed by atoms with Gasteiger partial charge in [-0.05, 0) is 47.8 Å². The molecule has 1 heterocycles. The Hall–Kier alpha value is -0.280. The molecule has 1 aliphatic rings. The smallest absolute Gasteiger partial charge is 0.126 e. The minimum absolute atomic E-state index is 0.282. The van der Waals surface area contributed by atoms with E-state index in [1.807, 2.05) is 19.1 Å². The Morgan fingerprint density at radius 2 is 2.12 bits per heavy atom. The van der Waals surface area contributed by atoms with Crippen molar-refractivity contribution in [1.82, 2.24) is 4.98 Å². The number of aromatic nitrogens is 1. The van der Waals surface area contributed by atoms with Gasteiger partial charge in [-0.1, -0.05) is 12.8 Å². The third-order valence-corrected chi connectivity index (χ3v) is 5.02. The van der Waals surface area contributed by atoms with E-state index in [1.165, 1.54) is 25.7 Å². The van der Waals surface area contributed by atoms with E-state index in [9.17, 15) is 0 Å². The number of nitrogens with one attached hydrogen (secondary N) is 1. The molecule has 0 radical (unpaired) electrons. The molecule has 1 N–H and O–H groups in total. The lowest BCUT2D eigenvalue weighted by Gasteiger charge is -2.26. The van der Waals surface area contributed by atoms with E-state index in [0.29, 0.717) is 0 Å². The summed E-state index contributed by atoms with van der Waals surface area (Å²) in [7, 11) is 0. The Kier molecular flexibility index (Phi) is 4.31. The summed E-state index contributed by atoms with van der Waals surface area (Å²) in [5.41, 5.74) is 1.30. The predicted molar refractivity (Wildman–Crippen MR) is 76.8 cm³/mol. The van der Waals surface area contributed by atoms with E-state index in [4.69, 9.17) is 11.6 Å². The van der Waals surface area contributed by atoms with Gasteiger partial charge < -0.3 is 5.32 Å². The lowest BCUT2D eigenvalue weighted by atomic mass is 9.88. The van der Waals surface area contributed by atoms with Crippen molar-refractivity contribution in [3.05, 3.63) is 22.3 Å². The van der Waals surface area contributed by atoms with Crippen molar-refractivity contribution in [2.24, 2.45) is 5.41 Å². The van der Waals surface area contributed by atoms with E-state index in [1.54, 1.807) is 0 Å². The summed E-state index contributed by atoms with van der Waals surface area (Å²) in [6, 6.07) is 4.04. The average Bonchev–Trinajstić information content (AvgIpc) is 2.80. The Morgan fingerprint density at radius 1 is 1.41 bits per heavy atom. The number of halogens is 2. The van der Waals surface area contributed by atoms with Crippen LogP contribution in [0.25, 0.3) is 0 Å². The maximum atomic E-state index is 6.12. The van der Waals surface area contributed by atoms with Crippen molar-refractivity contribution in [2.75, 3.05) is 17.7 Å². The number of hydrogen-bond acceptors (Lipinski definition) is 2. The molecule has 1 fully saturated rings. The molecule has 0 amide bonds. The minimum Gasteiger partial charge on any atom is -0.369 e. The molecule has 0 aliphatic heterocycles. The largest absolute Gasteiger partial charge is 0.369 e. The van der Waals surface area contributed by atoms with Gasteiger partial charge in [-0.3, -0.25) is 0 Å². The highest BCUT2D eigenvalue weighted by Gasteiger charge is 2.32. The molecule has 17 heavy (non-hydrogen) atoms. The van der Waals surface area contributed by atoms with Gasteiger partial charge in [0.15, 0.2) is 0 Å². The fourth-order valence-electron chi connectivity index (χ4n) is 2.40. The lowest BCUT2D eigenvalue weighted by molar-refractivity contribution is 0.368. The fraction of sp³-hybridized carbons (Fsp3) is 0.615. The van der Waals surface area contributed by atoms with Crippen LogP contribution in [0.1, 0.15) is 31.4 Å². The second kappa shape index (κ2) is 5.57. The number of rotatable bonds is 4. The molecule has 0 unspecified atom stereocenters. The summed E-state index contributed by atoms with van der Waals surface area (Å²) in [6.07, 6.45) is 5.08. The molecule has 0 atom stereocenters. The van der Waals surface area contributed by atoms with Crippen LogP contribution in [0.4, 0.5) is 5.82 Å². The molecule has 0 bridgehead atoms. The molecule has 0 saturated heterocycles. The van der Waals surface area contributed by atoms with Crippen LogP contribution in [0.3, 0.4) is 0 Å². The minimum atomic E-state index is 0.282. The normalized spacial score (nSPS) is 18.3. The number of nitrogens with zero attached hydrogens (tertiary/aromatic N) is 1. The number of anilines is 1. The molecule has 1 aromatic heterocycles. The monoisotopic (exact) mass is 316 g/mol. The summed E-state index contributed by atoms with van der Waals surface area (Å²) in [5.74, 6) is 1.69. The zero-order chi connectivity index (χ0) is 12.3. The van der Waals surface area contributed by atoms with Gasteiger partial charge in [0.1, 0.15) is 5.82 Å². The number of pyridine rings is 1. The van der Waals surface area contributed by atoms with Crippen LogP contribution in [0.2, 0.25) is 0 Å². The number of alkyl halides is 1. The molecule has 1 saturated carbocycles. The summed E-state index contributed by atoms with van der Waals surface area (Å²) in [4.78, 5) is 4.50. The summed E-state index contributed by atoms with van der Waals surface area (Å²) >= 11 is 9.58. The van der Waals surface area contributed by atoms with Crippen LogP contribution in [-0.2, 0) is 0 Å². The van der Waals surface area contributed by atoms with Gasteiger partial charge in [-0.2, -0.15) is 0 Å². The summed E-state index contributed by atoms with van der Waals surface area (Å²) < 4.78 is 1.05. The van der Waals surface area contributed by atoms with Crippen LogP contribution in [0.15, 0.2) is 16.6 Å². The highest BCUT2D eigenvalue weighted by atomic mass is 79.9. The molecule has 2 nitrogen and oxygen atoms in total. The Labute approximate surface area is 116 Å². The predicted octanol–water partition coefficient (Wildman–Crippen LogP) is 4.36. The van der Waals surface area contributed by atoms with Crippen LogP contribution in [-0.4, -0.2) is 17.4 Å². The molecule has 94 valence electrons. The topological polar surface area (TPSA) is 24.9 Å². The summed E-state index contributed by atoms with van der Waals surface area (Å²) in [5, 5.41) is 3.43. The Morgan fingerprint density at radius 3 is 2.71 bits per heavy atom. The molecular weight excluding hydrogens is 300 g/mol. The van der Waals surface area contributed by atoms with Gasteiger partial charge in [0.05, 0.1) is 5.69 Å². The van der Waals surface area contributed by atoms with Gasteiger partial charge in [0, 0.05) is 22.3 Å². The Bertz CT molecular complexity index is 389. The molecule has 0 spiro atoms. The SMILES string of the molecule is Cc1nc(NCC2(CCl)CCCC2)ccc1Br. The van der Waals surface area contributed by atoms with E-state index in [0.717, 1.165) is 28.4 Å². The standard InChI is InChI=1S/C13H18BrClN2/c1-10-11(14)4-5-12(17-10)16-9-13(8-15)6-2-3-7-13/h4-5H,2-3,6-9H2,1H3,(H,16,17). The highest BCUT2D eigenvalue weighted by Crippen LogP contribution is 2.39. The second-order valence-corrected chi connectivity index (χ2v) is 6.08. The van der Waals surface area contributed by atoms with Gasteiger partial charge in [0.25, 0.3) is 0 Å². The van der Waals surface area contributed by atoms with E-state index in [2.05, 4.69) is 26.2 Å². The van der Waals surface area contributed by atoms with E-state index < -0.39 is 0 Å². The Balaban J connectivity index is 1.99. The maximum Gasteiger partial charge on any atom is 0.126 e. The number of aryl methyl sites for hydroxylation is 1. The molecule has 4 heteroatoms. The van der Waals surface area contributed by atoms with Crippen molar-refractivity contribution in [3.63, 3.8) is 0 Å². The third kappa shape index (κ3) is 3.14. The van der Waals surface area contributed by atoms with Crippen molar-refractivity contribution in [1.29, 1.82) is 0 Å². The molecule has 0 aromatic carbocycles. The van der Waals surface area contributed by atoms with Gasteiger partial charge >= 0.3 is 0 Å². The second-order valence-electron chi connectivity index (χ2n) is 4.96. The first-order valence-corrected chi connectivity index (χ1v) is 7.41. The first-order valence-electron chi connectivity index (χ1n) is 6.08. The van der Waals surface area contributed by atoms with Gasteiger partial charge in [-0.15, -0.1) is 11.6 Å². The van der Waals surface area contributed by atoms with Crippen LogP contribution >= 0.6 is 27.5 Å². The van der Waals surface area contributed by atoms with Crippen LogP contribution < -0.4 is 5.32 Å². The van der Waals surface area contributed by atoms with E-state index in [-0.39, 0.29) is 5.41 Å². The third-order valence-electron chi connectivity index (χ3n) is 3.61. The van der Waals surface area contributed by atoms with Crippen molar-refractivity contribution >= 4 is 33.3 Å². The van der Waals surface area contributed by atoms with Crippen LogP contribution in [0, 0.1) is 12.3 Å². The number of hydrogen-bond donors (Lipinski definition) is 1. The van der Waals surface area contributed by atoms with Crippen molar-refractivity contribution < 1.29 is 0 Å². The van der Waals surface area contributed by atoms with Gasteiger partial charge in [-0.25, -0.2) is 4.98 Å². The van der Waals surface area contributed by atoms with Crippen LogP contribution in [0.5, 0.6) is 0 Å². The molecule has 2 rings (SSSR count). The van der Waals surface area contributed by atoms with Gasteiger partial charge in [0.2, 0.25) is 0 Å². The first kappa shape index (κ1) is 13.2. The molecule has 1 aliphatic carbocycles. The molecule has 1 aromatic rings. The summed E-state index contributed by atoms with van der Waals surface area (Å²) in [6.45, 7) is 2.94. The average molecular weight is 318 g/mol. The van der Waals surface area contributed by atoms with Crippen molar-refractivity contribution in [3.8, 4) is 0 Å². The molecular formula is C13H18BrClN2. The van der Waals surface area contributed by atoms with E-state index >= 15 is 0 Å². The van der Waals surface area contributed by atoms with Crippen molar-refractivity contribution in [2.45, 2.75) is 32.6 Å². The first-order chi connectivity index (χ1) is 8.15. The zero-order valence-corrected chi connectivity index (χ0v) is 12.4. The highest BCUT2D eigenvalue weighted by molar-refractivity contribution is 9.10. The lowest BCUT2D eigenvalue weighted by Crippen LogP contribution is -2.28. The maximum absolute atomic E-state index is 6.12.